The lowest BCUT2D eigenvalue weighted by molar-refractivity contribution is 0.0947. The Balaban J connectivity index is 1.72. The number of ether oxygens (including phenoxy) is 1. The monoisotopic (exact) mass is 538 g/mol. The van der Waals surface area contributed by atoms with Crippen molar-refractivity contribution in [3.05, 3.63) is 85.1 Å². The Kier molecular flexibility index (Phi) is 6.68. The number of hydrogen-bond acceptors (Lipinski definition) is 9. The number of rotatable bonds is 7. The SMILES string of the molecule is COc1c(-c2c(-c3ccncc3)ccn(C)c2=O)nn(C(=O)c2nccs2)c1NCc1ccc(Cl)s1. The molecular weight excluding hydrogens is 520 g/mol. The average Bonchev–Trinajstić information content (AvgIpc) is 3.64. The molecule has 0 unspecified atom stereocenters. The van der Waals surface area contributed by atoms with E-state index in [1.807, 2.05) is 24.3 Å². The molecule has 1 N–H and O–H groups in total. The summed E-state index contributed by atoms with van der Waals surface area (Å²) in [5, 5.41) is 9.83. The summed E-state index contributed by atoms with van der Waals surface area (Å²) in [5.74, 6) is 0.129. The predicted octanol–water partition coefficient (Wildman–Crippen LogP) is 4.79. The molecule has 182 valence electrons. The smallest absolute Gasteiger partial charge is 0.309 e. The van der Waals surface area contributed by atoms with Crippen LogP contribution in [0.4, 0.5) is 5.82 Å². The van der Waals surface area contributed by atoms with Gasteiger partial charge in [-0.1, -0.05) is 11.6 Å². The van der Waals surface area contributed by atoms with Crippen LogP contribution in [0.15, 0.2) is 65.3 Å². The van der Waals surface area contributed by atoms with E-state index in [9.17, 15) is 9.59 Å². The summed E-state index contributed by atoms with van der Waals surface area (Å²) in [6.45, 7) is 0.369. The molecule has 0 radical (unpaired) electrons. The molecule has 0 amide bonds. The largest absolute Gasteiger partial charge is 0.491 e. The zero-order valence-electron chi connectivity index (χ0n) is 19.1. The van der Waals surface area contributed by atoms with E-state index in [1.54, 1.807) is 43.3 Å². The maximum absolute atomic E-state index is 13.4. The van der Waals surface area contributed by atoms with Crippen LogP contribution < -0.4 is 15.6 Å². The van der Waals surface area contributed by atoms with E-state index in [1.165, 1.54) is 39.0 Å². The van der Waals surface area contributed by atoms with Crippen molar-refractivity contribution in [1.82, 2.24) is 24.3 Å². The van der Waals surface area contributed by atoms with E-state index in [0.29, 0.717) is 27.8 Å². The topological polar surface area (TPSA) is 104 Å². The van der Waals surface area contributed by atoms with Crippen LogP contribution in [0.2, 0.25) is 4.34 Å². The summed E-state index contributed by atoms with van der Waals surface area (Å²) in [6, 6.07) is 9.14. The Bertz CT molecular complexity index is 1590. The zero-order valence-corrected chi connectivity index (χ0v) is 21.5. The number of nitrogens with zero attached hydrogens (tertiary/aromatic N) is 5. The highest BCUT2D eigenvalue weighted by Crippen LogP contribution is 2.40. The molecule has 5 rings (SSSR count). The fourth-order valence-corrected chi connectivity index (χ4v) is 5.32. The number of halogens is 1. The molecule has 0 fully saturated rings. The maximum atomic E-state index is 13.4. The number of nitrogens with one attached hydrogen (secondary N) is 1. The van der Waals surface area contributed by atoms with Gasteiger partial charge in [0.2, 0.25) is 0 Å². The van der Waals surface area contributed by atoms with Crippen molar-refractivity contribution >= 4 is 46.0 Å². The van der Waals surface area contributed by atoms with Crippen LogP contribution >= 0.6 is 34.3 Å². The number of aromatic nitrogens is 5. The van der Waals surface area contributed by atoms with Crippen molar-refractivity contribution in [2.24, 2.45) is 7.05 Å². The third-order valence-electron chi connectivity index (χ3n) is 5.41. The number of thiophene rings is 1. The number of anilines is 1. The van der Waals surface area contributed by atoms with E-state index >= 15 is 0 Å². The first kappa shape index (κ1) is 23.9. The first-order chi connectivity index (χ1) is 17.5. The molecule has 0 aliphatic carbocycles. The summed E-state index contributed by atoms with van der Waals surface area (Å²) in [4.78, 5) is 36.0. The van der Waals surface area contributed by atoms with E-state index < -0.39 is 5.91 Å². The molecule has 0 aromatic carbocycles. The van der Waals surface area contributed by atoms with Crippen LogP contribution in [-0.4, -0.2) is 37.3 Å². The van der Waals surface area contributed by atoms with Gasteiger partial charge in [-0.25, -0.2) is 4.98 Å². The molecule has 5 heterocycles. The molecule has 0 saturated carbocycles. The summed E-state index contributed by atoms with van der Waals surface area (Å²) < 4.78 is 9.07. The van der Waals surface area contributed by atoms with E-state index in [-0.39, 0.29) is 22.0 Å². The third kappa shape index (κ3) is 4.43. The molecule has 0 atom stereocenters. The molecule has 9 nitrogen and oxygen atoms in total. The summed E-state index contributed by atoms with van der Waals surface area (Å²) in [5.41, 5.74) is 1.67. The van der Waals surface area contributed by atoms with Gasteiger partial charge in [0.1, 0.15) is 5.69 Å². The van der Waals surface area contributed by atoms with Gasteiger partial charge in [-0.15, -0.1) is 22.7 Å². The molecule has 12 heteroatoms. The normalized spacial score (nSPS) is 11.0. The van der Waals surface area contributed by atoms with Gasteiger partial charge in [-0.3, -0.25) is 14.6 Å². The van der Waals surface area contributed by atoms with Gasteiger partial charge in [-0.05, 0) is 41.5 Å². The van der Waals surface area contributed by atoms with Crippen molar-refractivity contribution in [1.29, 1.82) is 0 Å². The molecule has 0 saturated heterocycles. The lowest BCUT2D eigenvalue weighted by Crippen LogP contribution is -2.20. The third-order valence-corrected chi connectivity index (χ3v) is 7.40. The molecule has 0 bridgehead atoms. The van der Waals surface area contributed by atoms with Crippen LogP contribution in [0, 0.1) is 0 Å². The van der Waals surface area contributed by atoms with Crippen LogP contribution in [0.5, 0.6) is 5.75 Å². The van der Waals surface area contributed by atoms with Gasteiger partial charge in [0.05, 0.1) is 23.6 Å². The minimum Gasteiger partial charge on any atom is -0.491 e. The van der Waals surface area contributed by atoms with Crippen molar-refractivity contribution in [2.45, 2.75) is 6.54 Å². The van der Waals surface area contributed by atoms with Gasteiger partial charge in [0.15, 0.2) is 16.6 Å². The number of aryl methyl sites for hydroxylation is 1. The van der Waals surface area contributed by atoms with Crippen LogP contribution in [0.3, 0.4) is 0 Å². The van der Waals surface area contributed by atoms with Crippen LogP contribution in [-0.2, 0) is 13.6 Å². The van der Waals surface area contributed by atoms with E-state index in [0.717, 1.165) is 10.4 Å². The standard InChI is InChI=1S/C24H19ClN6O3S2/c1-30-11-7-16(14-5-8-26-9-6-14)18(23(30)32)19-20(34-2)21(28-13-15-3-4-17(25)36-15)31(29-19)24(33)22-27-10-12-35-22/h3-12,28H,13H2,1-2H3. The molecular formula is C24H19ClN6O3S2. The van der Waals surface area contributed by atoms with Crippen LogP contribution in [0.1, 0.15) is 14.7 Å². The van der Waals surface area contributed by atoms with Crippen molar-refractivity contribution in [2.75, 3.05) is 12.4 Å². The fourth-order valence-electron chi connectivity index (χ4n) is 3.73. The second kappa shape index (κ2) is 10.1. The molecule has 5 aromatic heterocycles. The first-order valence-electron chi connectivity index (χ1n) is 10.7. The van der Waals surface area contributed by atoms with Crippen molar-refractivity contribution in [3.8, 4) is 28.1 Å². The van der Waals surface area contributed by atoms with E-state index in [4.69, 9.17) is 16.3 Å². The highest BCUT2D eigenvalue weighted by molar-refractivity contribution is 7.16. The summed E-state index contributed by atoms with van der Waals surface area (Å²) >= 11 is 8.70. The number of carbonyl (C=O) groups is 1. The Morgan fingerprint density at radius 1 is 1.17 bits per heavy atom. The molecule has 0 aliphatic rings. The van der Waals surface area contributed by atoms with Gasteiger partial charge in [-0.2, -0.15) is 9.78 Å². The lowest BCUT2D eigenvalue weighted by Gasteiger charge is -2.11. The number of thiazole rings is 1. The number of hydrogen-bond donors (Lipinski definition) is 1. The van der Waals surface area contributed by atoms with Crippen LogP contribution in [0.25, 0.3) is 22.4 Å². The second-order valence-electron chi connectivity index (χ2n) is 7.60. The van der Waals surface area contributed by atoms with Gasteiger partial charge < -0.3 is 14.6 Å². The molecule has 0 aliphatic heterocycles. The molecule has 5 aromatic rings. The number of pyridine rings is 2. The minimum atomic E-state index is -0.445. The number of carbonyl (C=O) groups excluding carboxylic acids is 1. The number of methoxy groups -OCH3 is 1. The van der Waals surface area contributed by atoms with Crippen molar-refractivity contribution < 1.29 is 9.53 Å². The first-order valence-corrected chi connectivity index (χ1v) is 12.7. The summed E-state index contributed by atoms with van der Waals surface area (Å²) in [7, 11) is 3.14. The highest BCUT2D eigenvalue weighted by Gasteiger charge is 2.29. The Labute approximate surface area is 218 Å². The van der Waals surface area contributed by atoms with Gasteiger partial charge in [0, 0.05) is 42.1 Å². The predicted molar refractivity (Wildman–Crippen MR) is 141 cm³/mol. The maximum Gasteiger partial charge on any atom is 0.309 e. The summed E-state index contributed by atoms with van der Waals surface area (Å²) in [6.07, 6.45) is 6.54. The van der Waals surface area contributed by atoms with Gasteiger partial charge in [0.25, 0.3) is 5.56 Å². The van der Waals surface area contributed by atoms with E-state index in [2.05, 4.69) is 20.4 Å². The molecule has 0 spiro atoms. The minimum absolute atomic E-state index is 0.238. The Morgan fingerprint density at radius 3 is 2.64 bits per heavy atom. The molecule has 36 heavy (non-hydrogen) atoms. The average molecular weight is 539 g/mol. The second-order valence-corrected chi connectivity index (χ2v) is 10.3. The quantitative estimate of drug-likeness (QED) is 0.317. The fraction of sp³-hybridized carbons (Fsp3) is 0.125. The Hall–Kier alpha value is -3.80. The van der Waals surface area contributed by atoms with Crippen molar-refractivity contribution in [3.63, 3.8) is 0 Å². The highest BCUT2D eigenvalue weighted by atomic mass is 35.5. The Morgan fingerprint density at radius 2 is 1.97 bits per heavy atom. The lowest BCUT2D eigenvalue weighted by atomic mass is 10.00. The zero-order chi connectivity index (χ0) is 25.2. The van der Waals surface area contributed by atoms with Gasteiger partial charge >= 0.3 is 5.91 Å².